The van der Waals surface area contributed by atoms with Crippen molar-refractivity contribution in [1.29, 1.82) is 5.26 Å². The van der Waals surface area contributed by atoms with E-state index in [1.54, 1.807) is 40.1 Å². The van der Waals surface area contributed by atoms with E-state index < -0.39 is 0 Å². The van der Waals surface area contributed by atoms with E-state index in [0.717, 1.165) is 5.56 Å². The number of hydrogen-bond donors (Lipinski definition) is 2. The largest absolute Gasteiger partial charge is 0.334 e. The Labute approximate surface area is 168 Å². The Bertz CT molecular complexity index is 886. The number of halogens is 1. The molecule has 1 aliphatic rings. The van der Waals surface area contributed by atoms with Gasteiger partial charge in [0.25, 0.3) is 0 Å². The summed E-state index contributed by atoms with van der Waals surface area (Å²) < 4.78 is 0. The topological polar surface area (TPSA) is 88.5 Å². The highest BCUT2D eigenvalue weighted by molar-refractivity contribution is 6.31. The summed E-state index contributed by atoms with van der Waals surface area (Å²) in [7, 11) is 0. The van der Waals surface area contributed by atoms with Crippen LogP contribution >= 0.6 is 11.6 Å². The quantitative estimate of drug-likeness (QED) is 0.833. The number of nitriles is 1. The third-order valence-electron chi connectivity index (χ3n) is 4.51. The Morgan fingerprint density at radius 1 is 0.964 bits per heavy atom. The molecule has 7 nitrogen and oxygen atoms in total. The first-order valence-electron chi connectivity index (χ1n) is 8.89. The number of anilines is 1. The third kappa shape index (κ3) is 4.93. The van der Waals surface area contributed by atoms with E-state index in [4.69, 9.17) is 16.9 Å². The molecule has 1 heterocycles. The normalized spacial score (nSPS) is 13.6. The lowest BCUT2D eigenvalue weighted by Gasteiger charge is -2.34. The SMILES string of the molecule is N#Cc1ccc(NC(=O)N2CCN(C(=O)NCc3ccccc3Cl)CC2)cc1. The number of amides is 4. The van der Waals surface area contributed by atoms with Crippen LogP contribution in [-0.2, 0) is 6.54 Å². The fraction of sp³-hybridized carbons (Fsp3) is 0.250. The molecule has 0 aliphatic carbocycles. The summed E-state index contributed by atoms with van der Waals surface area (Å²) in [6.45, 7) is 2.16. The molecule has 2 aromatic carbocycles. The fourth-order valence-corrected chi connectivity index (χ4v) is 3.07. The molecule has 0 bridgehead atoms. The molecular formula is C20H20ClN5O2. The summed E-state index contributed by atoms with van der Waals surface area (Å²) in [6, 6.07) is 15.7. The van der Waals surface area contributed by atoms with Crippen LogP contribution in [0, 0.1) is 11.3 Å². The Morgan fingerprint density at radius 3 is 2.18 bits per heavy atom. The van der Waals surface area contributed by atoms with Crippen molar-refractivity contribution in [2.24, 2.45) is 0 Å². The number of nitrogens with zero attached hydrogens (tertiary/aromatic N) is 3. The number of benzene rings is 2. The number of carbonyl (C=O) groups excluding carboxylic acids is 2. The van der Waals surface area contributed by atoms with Crippen molar-refractivity contribution in [3.05, 3.63) is 64.7 Å². The average molecular weight is 398 g/mol. The van der Waals surface area contributed by atoms with Crippen LogP contribution in [0.1, 0.15) is 11.1 Å². The van der Waals surface area contributed by atoms with Crippen molar-refractivity contribution < 1.29 is 9.59 Å². The molecule has 1 fully saturated rings. The lowest BCUT2D eigenvalue weighted by Crippen LogP contribution is -2.53. The molecule has 3 rings (SSSR count). The molecule has 0 atom stereocenters. The van der Waals surface area contributed by atoms with E-state index in [1.165, 1.54) is 0 Å². The molecule has 2 N–H and O–H groups in total. The second-order valence-corrected chi connectivity index (χ2v) is 6.75. The van der Waals surface area contributed by atoms with Crippen molar-refractivity contribution in [1.82, 2.24) is 15.1 Å². The molecule has 144 valence electrons. The van der Waals surface area contributed by atoms with Crippen molar-refractivity contribution in [3.8, 4) is 6.07 Å². The van der Waals surface area contributed by atoms with Gasteiger partial charge in [-0.3, -0.25) is 0 Å². The Hall–Kier alpha value is -3.24. The first-order valence-corrected chi connectivity index (χ1v) is 9.27. The molecule has 8 heteroatoms. The molecule has 28 heavy (non-hydrogen) atoms. The van der Waals surface area contributed by atoms with Crippen LogP contribution in [0.2, 0.25) is 5.02 Å². The minimum Gasteiger partial charge on any atom is -0.334 e. The van der Waals surface area contributed by atoms with Crippen LogP contribution < -0.4 is 10.6 Å². The van der Waals surface area contributed by atoms with Gasteiger partial charge in [0.15, 0.2) is 0 Å². The summed E-state index contributed by atoms with van der Waals surface area (Å²) in [4.78, 5) is 28.0. The zero-order valence-electron chi connectivity index (χ0n) is 15.2. The molecule has 1 saturated heterocycles. The molecule has 1 aliphatic heterocycles. The van der Waals surface area contributed by atoms with Crippen LogP contribution in [0.3, 0.4) is 0 Å². The Kier molecular flexibility index (Phi) is 6.35. The van der Waals surface area contributed by atoms with Gasteiger partial charge >= 0.3 is 12.1 Å². The van der Waals surface area contributed by atoms with E-state index in [0.29, 0.717) is 49.0 Å². The maximum atomic E-state index is 12.4. The zero-order valence-corrected chi connectivity index (χ0v) is 15.9. The van der Waals surface area contributed by atoms with Gasteiger partial charge in [0.1, 0.15) is 0 Å². The van der Waals surface area contributed by atoms with E-state index >= 15 is 0 Å². The van der Waals surface area contributed by atoms with E-state index in [1.807, 2.05) is 24.3 Å². The summed E-state index contributed by atoms with van der Waals surface area (Å²) in [5.74, 6) is 0. The number of carbonyl (C=O) groups is 2. The molecule has 4 amide bonds. The predicted octanol–water partition coefficient (Wildman–Crippen LogP) is 3.27. The standard InChI is InChI=1S/C20H20ClN5O2/c21-18-4-2-1-3-16(18)14-23-19(27)25-9-11-26(12-10-25)20(28)24-17-7-5-15(13-22)6-8-17/h1-8H,9-12,14H2,(H,23,27)(H,24,28). The highest BCUT2D eigenvalue weighted by atomic mass is 35.5. The Balaban J connectivity index is 1.45. The van der Waals surface area contributed by atoms with Gasteiger partial charge in [-0.15, -0.1) is 0 Å². The van der Waals surface area contributed by atoms with Crippen molar-refractivity contribution >= 4 is 29.4 Å². The molecular weight excluding hydrogens is 378 g/mol. The van der Waals surface area contributed by atoms with Crippen LogP contribution in [0.5, 0.6) is 0 Å². The number of hydrogen-bond acceptors (Lipinski definition) is 3. The minimum atomic E-state index is -0.221. The minimum absolute atomic E-state index is 0.174. The van der Waals surface area contributed by atoms with Gasteiger partial charge in [-0.05, 0) is 35.9 Å². The molecule has 2 aromatic rings. The van der Waals surface area contributed by atoms with Gasteiger partial charge in [-0.25, -0.2) is 9.59 Å². The smallest absolute Gasteiger partial charge is 0.321 e. The van der Waals surface area contributed by atoms with E-state index in [9.17, 15) is 9.59 Å². The van der Waals surface area contributed by atoms with Crippen LogP contribution in [-0.4, -0.2) is 48.0 Å². The van der Waals surface area contributed by atoms with Gasteiger partial charge in [-0.2, -0.15) is 5.26 Å². The maximum Gasteiger partial charge on any atom is 0.321 e. The van der Waals surface area contributed by atoms with Gasteiger partial charge < -0.3 is 20.4 Å². The maximum absolute atomic E-state index is 12.4. The predicted molar refractivity (Wildman–Crippen MR) is 107 cm³/mol. The number of urea groups is 2. The van der Waals surface area contributed by atoms with Gasteiger partial charge in [0.2, 0.25) is 0 Å². The third-order valence-corrected chi connectivity index (χ3v) is 4.88. The van der Waals surface area contributed by atoms with Crippen LogP contribution in [0.4, 0.5) is 15.3 Å². The van der Waals surface area contributed by atoms with E-state index in [-0.39, 0.29) is 12.1 Å². The summed E-state index contributed by atoms with van der Waals surface area (Å²) in [6.07, 6.45) is 0. The molecule has 0 spiro atoms. The first-order chi connectivity index (χ1) is 13.6. The lowest BCUT2D eigenvalue weighted by molar-refractivity contribution is 0.149. The van der Waals surface area contributed by atoms with Crippen molar-refractivity contribution in [2.45, 2.75) is 6.54 Å². The van der Waals surface area contributed by atoms with Crippen molar-refractivity contribution in [2.75, 3.05) is 31.5 Å². The second kappa shape index (κ2) is 9.11. The highest BCUT2D eigenvalue weighted by Gasteiger charge is 2.24. The number of rotatable bonds is 3. The number of nitrogens with one attached hydrogen (secondary N) is 2. The molecule has 0 unspecified atom stereocenters. The molecule has 0 saturated carbocycles. The monoisotopic (exact) mass is 397 g/mol. The summed E-state index contributed by atoms with van der Waals surface area (Å²) >= 11 is 6.10. The van der Waals surface area contributed by atoms with Gasteiger partial charge in [-0.1, -0.05) is 29.8 Å². The number of piperazine rings is 1. The molecule has 0 aromatic heterocycles. The summed E-state index contributed by atoms with van der Waals surface area (Å²) in [5.41, 5.74) is 2.02. The average Bonchev–Trinajstić information content (AvgIpc) is 2.73. The van der Waals surface area contributed by atoms with Gasteiger partial charge in [0, 0.05) is 43.4 Å². The van der Waals surface area contributed by atoms with Crippen LogP contribution in [0.15, 0.2) is 48.5 Å². The zero-order chi connectivity index (χ0) is 19.9. The Morgan fingerprint density at radius 2 is 1.57 bits per heavy atom. The van der Waals surface area contributed by atoms with Crippen molar-refractivity contribution in [3.63, 3.8) is 0 Å². The van der Waals surface area contributed by atoms with E-state index in [2.05, 4.69) is 10.6 Å². The van der Waals surface area contributed by atoms with Crippen LogP contribution in [0.25, 0.3) is 0 Å². The first kappa shape index (κ1) is 19.5. The second-order valence-electron chi connectivity index (χ2n) is 6.34. The molecule has 0 radical (unpaired) electrons. The lowest BCUT2D eigenvalue weighted by atomic mass is 10.2. The van der Waals surface area contributed by atoms with Gasteiger partial charge in [0.05, 0.1) is 11.6 Å². The fourth-order valence-electron chi connectivity index (χ4n) is 2.87. The summed E-state index contributed by atoms with van der Waals surface area (Å²) in [5, 5.41) is 15.1. The highest BCUT2D eigenvalue weighted by Crippen LogP contribution is 2.15.